The topological polar surface area (TPSA) is 97.4 Å². The molecule has 1 heterocycles. The molecule has 0 atom stereocenters. The Labute approximate surface area is 181 Å². The van der Waals surface area contributed by atoms with Gasteiger partial charge in [-0.2, -0.15) is 4.98 Å². The number of benzene rings is 2. The first-order valence-electron chi connectivity index (χ1n) is 10.1. The third-order valence-electron chi connectivity index (χ3n) is 4.99. The molecule has 2 aromatic carbocycles. The third kappa shape index (κ3) is 5.03. The van der Waals surface area contributed by atoms with Crippen molar-refractivity contribution >= 4 is 34.7 Å². The summed E-state index contributed by atoms with van der Waals surface area (Å²) in [5.41, 5.74) is 2.88. The van der Waals surface area contributed by atoms with Crippen molar-refractivity contribution in [2.45, 2.75) is 19.8 Å². The number of anilines is 5. The molecule has 0 unspecified atom stereocenters. The van der Waals surface area contributed by atoms with E-state index in [0.29, 0.717) is 23.1 Å². The molecule has 0 spiro atoms. The first-order chi connectivity index (χ1) is 15.1. The highest BCUT2D eigenvalue weighted by Gasteiger charge is 2.30. The van der Waals surface area contributed by atoms with Crippen LogP contribution in [0, 0.1) is 12.8 Å². The summed E-state index contributed by atoms with van der Waals surface area (Å²) < 4.78 is 10.4. The van der Waals surface area contributed by atoms with Gasteiger partial charge in [-0.3, -0.25) is 4.79 Å². The van der Waals surface area contributed by atoms with Gasteiger partial charge in [0.1, 0.15) is 17.2 Å². The van der Waals surface area contributed by atoms with Crippen LogP contribution < -0.4 is 25.4 Å². The fourth-order valence-electron chi connectivity index (χ4n) is 3.05. The Morgan fingerprint density at radius 2 is 1.42 bits per heavy atom. The van der Waals surface area contributed by atoms with Crippen molar-refractivity contribution in [2.75, 3.05) is 30.2 Å². The second kappa shape index (κ2) is 8.91. The molecule has 0 radical (unpaired) electrons. The molecule has 1 aliphatic carbocycles. The lowest BCUT2D eigenvalue weighted by atomic mass is 10.2. The zero-order chi connectivity index (χ0) is 21.8. The molecule has 8 nitrogen and oxygen atoms in total. The quantitative estimate of drug-likeness (QED) is 0.489. The van der Waals surface area contributed by atoms with Gasteiger partial charge in [0, 0.05) is 17.3 Å². The van der Waals surface area contributed by atoms with E-state index >= 15 is 0 Å². The van der Waals surface area contributed by atoms with Crippen LogP contribution in [0.3, 0.4) is 0 Å². The zero-order valence-corrected chi connectivity index (χ0v) is 17.7. The van der Waals surface area contributed by atoms with E-state index in [0.717, 1.165) is 35.7 Å². The normalized spacial score (nSPS) is 12.7. The maximum absolute atomic E-state index is 12.4. The van der Waals surface area contributed by atoms with Crippen LogP contribution in [-0.4, -0.2) is 30.1 Å². The highest BCUT2D eigenvalue weighted by Crippen LogP contribution is 2.34. The number of nitrogens with zero attached hydrogens (tertiary/aromatic N) is 2. The van der Waals surface area contributed by atoms with Gasteiger partial charge in [0.2, 0.25) is 11.9 Å². The molecule has 1 fully saturated rings. The van der Waals surface area contributed by atoms with Gasteiger partial charge < -0.3 is 25.4 Å². The summed E-state index contributed by atoms with van der Waals surface area (Å²) in [6.45, 7) is 1.85. The van der Waals surface area contributed by atoms with E-state index in [1.165, 1.54) is 0 Å². The molecule has 1 aliphatic rings. The lowest BCUT2D eigenvalue weighted by molar-refractivity contribution is -0.117. The SMILES string of the molecule is COc1ccc(Nc2nc(C)c(NC(=O)C3CC3)c(Nc3ccc(OC)cc3)n2)cc1. The van der Waals surface area contributed by atoms with Crippen molar-refractivity contribution < 1.29 is 14.3 Å². The number of aromatic nitrogens is 2. The first-order valence-corrected chi connectivity index (χ1v) is 10.1. The van der Waals surface area contributed by atoms with Gasteiger partial charge in [-0.15, -0.1) is 0 Å². The van der Waals surface area contributed by atoms with Crippen molar-refractivity contribution in [1.29, 1.82) is 0 Å². The number of aryl methyl sites for hydroxylation is 1. The van der Waals surface area contributed by atoms with Gasteiger partial charge in [0.25, 0.3) is 0 Å². The predicted molar refractivity (Wildman–Crippen MR) is 121 cm³/mol. The van der Waals surface area contributed by atoms with Gasteiger partial charge >= 0.3 is 0 Å². The van der Waals surface area contributed by atoms with Gasteiger partial charge in [-0.25, -0.2) is 4.98 Å². The molecule has 4 rings (SSSR count). The molecule has 31 heavy (non-hydrogen) atoms. The zero-order valence-electron chi connectivity index (χ0n) is 17.7. The monoisotopic (exact) mass is 419 g/mol. The van der Waals surface area contributed by atoms with E-state index in [9.17, 15) is 4.79 Å². The van der Waals surface area contributed by atoms with Crippen LogP contribution in [0.15, 0.2) is 48.5 Å². The Kier molecular flexibility index (Phi) is 5.88. The smallest absolute Gasteiger partial charge is 0.229 e. The molecule has 160 valence electrons. The van der Waals surface area contributed by atoms with Crippen molar-refractivity contribution in [3.8, 4) is 11.5 Å². The van der Waals surface area contributed by atoms with Crippen LogP contribution in [0.2, 0.25) is 0 Å². The summed E-state index contributed by atoms with van der Waals surface area (Å²) in [6.07, 6.45) is 1.84. The summed E-state index contributed by atoms with van der Waals surface area (Å²) in [4.78, 5) is 21.6. The molecule has 0 bridgehead atoms. The molecule has 3 N–H and O–H groups in total. The number of carbonyl (C=O) groups excluding carboxylic acids is 1. The largest absolute Gasteiger partial charge is 0.497 e. The lowest BCUT2D eigenvalue weighted by Crippen LogP contribution is -2.17. The minimum atomic E-state index is 0.000319. The number of amides is 1. The summed E-state index contributed by atoms with van der Waals surface area (Å²) >= 11 is 0. The van der Waals surface area contributed by atoms with E-state index in [2.05, 4.69) is 25.9 Å². The lowest BCUT2D eigenvalue weighted by Gasteiger charge is -2.16. The third-order valence-corrected chi connectivity index (χ3v) is 4.99. The van der Waals surface area contributed by atoms with Crippen molar-refractivity contribution in [1.82, 2.24) is 9.97 Å². The number of methoxy groups -OCH3 is 2. The Morgan fingerprint density at radius 3 is 1.94 bits per heavy atom. The molecule has 0 saturated heterocycles. The Balaban J connectivity index is 1.63. The van der Waals surface area contributed by atoms with Crippen LogP contribution in [0.1, 0.15) is 18.5 Å². The van der Waals surface area contributed by atoms with E-state index in [1.54, 1.807) is 14.2 Å². The summed E-state index contributed by atoms with van der Waals surface area (Å²) in [5.74, 6) is 2.53. The molecule has 1 amide bonds. The van der Waals surface area contributed by atoms with Crippen molar-refractivity contribution in [2.24, 2.45) is 5.92 Å². The fraction of sp³-hybridized carbons (Fsp3) is 0.261. The number of ether oxygens (including phenoxy) is 2. The van der Waals surface area contributed by atoms with Crippen LogP contribution in [-0.2, 0) is 4.79 Å². The number of carbonyl (C=O) groups is 1. The molecule has 1 saturated carbocycles. The summed E-state index contributed by atoms with van der Waals surface area (Å²) in [7, 11) is 3.25. The van der Waals surface area contributed by atoms with E-state index in [1.807, 2.05) is 55.5 Å². The standard InChI is InChI=1S/C23H25N5O3/c1-14-20(27-22(29)15-4-5-15)21(25-16-6-10-18(30-2)11-7-16)28-23(24-14)26-17-8-12-19(31-3)13-9-17/h6-13,15H,4-5H2,1-3H3,(H,27,29)(H2,24,25,26,28). The molecule has 0 aliphatic heterocycles. The highest BCUT2D eigenvalue weighted by molar-refractivity contribution is 5.97. The molecule has 1 aromatic heterocycles. The molecule has 8 heteroatoms. The Morgan fingerprint density at radius 1 is 0.871 bits per heavy atom. The van der Waals surface area contributed by atoms with Crippen LogP contribution >= 0.6 is 0 Å². The number of hydrogen-bond acceptors (Lipinski definition) is 7. The maximum Gasteiger partial charge on any atom is 0.229 e. The first kappa shape index (κ1) is 20.5. The fourth-order valence-corrected chi connectivity index (χ4v) is 3.05. The van der Waals surface area contributed by atoms with Crippen LogP contribution in [0.5, 0.6) is 11.5 Å². The second-order valence-electron chi connectivity index (χ2n) is 7.33. The number of nitrogens with one attached hydrogen (secondary N) is 3. The number of hydrogen-bond donors (Lipinski definition) is 3. The Hall–Kier alpha value is -3.81. The van der Waals surface area contributed by atoms with Crippen LogP contribution in [0.25, 0.3) is 0 Å². The van der Waals surface area contributed by atoms with E-state index in [4.69, 9.17) is 9.47 Å². The summed E-state index contributed by atoms with van der Waals surface area (Å²) in [6, 6.07) is 15.0. The summed E-state index contributed by atoms with van der Waals surface area (Å²) in [5, 5.41) is 9.49. The van der Waals surface area contributed by atoms with Gasteiger partial charge in [-0.05, 0) is 68.3 Å². The minimum Gasteiger partial charge on any atom is -0.497 e. The average molecular weight is 419 g/mol. The highest BCUT2D eigenvalue weighted by atomic mass is 16.5. The number of rotatable bonds is 8. The molecule has 3 aromatic rings. The van der Waals surface area contributed by atoms with Crippen molar-refractivity contribution in [3.63, 3.8) is 0 Å². The van der Waals surface area contributed by atoms with Crippen molar-refractivity contribution in [3.05, 3.63) is 54.2 Å². The van der Waals surface area contributed by atoms with Gasteiger partial charge in [-0.1, -0.05) is 0 Å². The van der Waals surface area contributed by atoms with E-state index < -0.39 is 0 Å². The minimum absolute atomic E-state index is 0.000319. The van der Waals surface area contributed by atoms with Gasteiger partial charge in [0.15, 0.2) is 5.82 Å². The molecular weight excluding hydrogens is 394 g/mol. The van der Waals surface area contributed by atoms with E-state index in [-0.39, 0.29) is 11.8 Å². The average Bonchev–Trinajstić information content (AvgIpc) is 3.63. The van der Waals surface area contributed by atoms with Crippen LogP contribution in [0.4, 0.5) is 28.8 Å². The second-order valence-corrected chi connectivity index (χ2v) is 7.33. The predicted octanol–water partition coefficient (Wildman–Crippen LogP) is 4.64. The maximum atomic E-state index is 12.4. The molecular formula is C23H25N5O3. The van der Waals surface area contributed by atoms with Gasteiger partial charge in [0.05, 0.1) is 19.9 Å². The Bertz CT molecular complexity index is 1060.